The van der Waals surface area contributed by atoms with Crippen molar-refractivity contribution in [3.05, 3.63) is 83.0 Å². The molecule has 0 saturated heterocycles. The van der Waals surface area contributed by atoms with E-state index in [-0.39, 0.29) is 51.0 Å². The quantitative estimate of drug-likeness (QED) is 0.502. The second-order valence-electron chi connectivity index (χ2n) is 6.05. The smallest absolute Gasteiger partial charge is 1.00 e. The average Bonchev–Trinajstić information content (AvgIpc) is 3.15. The van der Waals surface area contributed by atoms with E-state index in [9.17, 15) is 0 Å². The first-order chi connectivity index (χ1) is 10.4. The van der Waals surface area contributed by atoms with Gasteiger partial charge in [-0.2, -0.15) is 0 Å². The molecule has 0 radical (unpaired) electrons. The Morgan fingerprint density at radius 1 is 0.917 bits per heavy atom. The fraction of sp³-hybridized carbons (Fsp3) is 0.238. The summed E-state index contributed by atoms with van der Waals surface area (Å²) in [6, 6.07) is 13.5. The molecule has 3 heteroatoms. The average molecular weight is 435 g/mol. The zero-order valence-corrected chi connectivity index (χ0v) is 17.7. The standard InChI is InChI=1S/C21H20.2ClH.Zr/c1-2-16-11-12-19-18-10-6-5-9-17(18)14-21(19)20(16)13-15-7-3-4-8-15;;;/h3-12,15H,2,13-14H2,1H3;2*1H;/q;;;+2/p-2. The first-order valence-electron chi connectivity index (χ1n) is 7.93. The summed E-state index contributed by atoms with van der Waals surface area (Å²) in [4.78, 5) is 0. The predicted molar refractivity (Wildman–Crippen MR) is 89.5 cm³/mol. The third-order valence-corrected chi connectivity index (χ3v) is 4.85. The molecule has 0 atom stereocenters. The molecule has 4 rings (SSSR count). The Bertz CT molecular complexity index is 750. The van der Waals surface area contributed by atoms with Crippen molar-refractivity contribution in [2.24, 2.45) is 5.92 Å². The van der Waals surface area contributed by atoms with E-state index in [1.807, 2.05) is 0 Å². The number of allylic oxidation sites excluding steroid dienone is 4. The minimum absolute atomic E-state index is 0. The molecule has 0 fully saturated rings. The van der Waals surface area contributed by atoms with Gasteiger partial charge in [0.1, 0.15) is 0 Å². The van der Waals surface area contributed by atoms with Crippen LogP contribution in [-0.4, -0.2) is 0 Å². The summed E-state index contributed by atoms with van der Waals surface area (Å²) in [5.74, 6) is 0.575. The molecule has 0 saturated carbocycles. The maximum absolute atomic E-state index is 2.35. The summed E-state index contributed by atoms with van der Waals surface area (Å²) >= 11 is 0. The molecule has 2 aromatic rings. The van der Waals surface area contributed by atoms with Crippen molar-refractivity contribution >= 4 is 0 Å². The third-order valence-electron chi connectivity index (χ3n) is 4.85. The van der Waals surface area contributed by atoms with Gasteiger partial charge in [-0.15, -0.1) is 0 Å². The zero-order chi connectivity index (χ0) is 14.2. The second kappa shape index (κ2) is 9.18. The first kappa shape index (κ1) is 21.4. The van der Waals surface area contributed by atoms with Crippen molar-refractivity contribution < 1.29 is 51.0 Å². The molecule has 2 aliphatic rings. The van der Waals surface area contributed by atoms with Crippen LogP contribution in [0.3, 0.4) is 0 Å². The van der Waals surface area contributed by atoms with Crippen molar-refractivity contribution in [2.75, 3.05) is 0 Å². The van der Waals surface area contributed by atoms with Gasteiger partial charge in [-0.1, -0.05) is 67.6 Å². The molecule has 0 spiro atoms. The van der Waals surface area contributed by atoms with Gasteiger partial charge >= 0.3 is 26.2 Å². The van der Waals surface area contributed by atoms with Crippen LogP contribution in [0.4, 0.5) is 0 Å². The summed E-state index contributed by atoms with van der Waals surface area (Å²) in [5, 5.41) is 0. The molecule has 24 heavy (non-hydrogen) atoms. The number of hydrogen-bond acceptors (Lipinski definition) is 0. The Morgan fingerprint density at radius 2 is 1.62 bits per heavy atom. The van der Waals surface area contributed by atoms with Crippen LogP contribution in [0.5, 0.6) is 0 Å². The molecule has 0 bridgehead atoms. The van der Waals surface area contributed by atoms with E-state index in [4.69, 9.17) is 0 Å². The minimum atomic E-state index is 0. The Balaban J connectivity index is 0.000000960. The Hall–Kier alpha value is -0.617. The second-order valence-corrected chi connectivity index (χ2v) is 6.05. The van der Waals surface area contributed by atoms with E-state index < -0.39 is 0 Å². The zero-order valence-electron chi connectivity index (χ0n) is 13.7. The van der Waals surface area contributed by atoms with E-state index >= 15 is 0 Å². The number of rotatable bonds is 3. The molecular weight excluding hydrogens is 414 g/mol. The molecule has 0 aliphatic heterocycles. The van der Waals surface area contributed by atoms with Gasteiger partial charge in [-0.25, -0.2) is 0 Å². The number of benzene rings is 2. The van der Waals surface area contributed by atoms with Gasteiger partial charge in [-0.3, -0.25) is 0 Å². The molecule has 0 amide bonds. The molecule has 0 nitrogen and oxygen atoms in total. The third kappa shape index (κ3) is 3.80. The van der Waals surface area contributed by atoms with Crippen LogP contribution in [0.25, 0.3) is 11.1 Å². The topological polar surface area (TPSA) is 0 Å². The molecule has 0 N–H and O–H groups in total. The SMILES string of the molecule is CCc1ccc2c(c1CC1C=CC=C1)Cc1ccccc1-2.[Cl-].[Cl-].[Zr+2]. The molecule has 122 valence electrons. The van der Waals surface area contributed by atoms with Crippen LogP contribution in [-0.2, 0) is 45.5 Å². The van der Waals surface area contributed by atoms with Crippen LogP contribution < -0.4 is 24.8 Å². The summed E-state index contributed by atoms with van der Waals surface area (Å²) in [5.41, 5.74) is 9.07. The van der Waals surface area contributed by atoms with Gasteiger partial charge in [-0.05, 0) is 58.6 Å². The monoisotopic (exact) mass is 432 g/mol. The van der Waals surface area contributed by atoms with Crippen LogP contribution in [0.15, 0.2) is 60.7 Å². The van der Waals surface area contributed by atoms with Crippen LogP contribution in [0.2, 0.25) is 0 Å². The number of fused-ring (bicyclic) bond motifs is 3. The largest absolute Gasteiger partial charge is 2.00 e. The fourth-order valence-corrected chi connectivity index (χ4v) is 3.76. The van der Waals surface area contributed by atoms with Gasteiger partial charge in [0.2, 0.25) is 0 Å². The normalized spacial score (nSPS) is 13.5. The van der Waals surface area contributed by atoms with Crippen LogP contribution in [0.1, 0.15) is 29.2 Å². The molecule has 2 aromatic carbocycles. The van der Waals surface area contributed by atoms with Crippen molar-refractivity contribution in [1.82, 2.24) is 0 Å². The van der Waals surface area contributed by atoms with Gasteiger partial charge in [0, 0.05) is 0 Å². The van der Waals surface area contributed by atoms with Crippen LogP contribution >= 0.6 is 0 Å². The minimum Gasteiger partial charge on any atom is -1.00 e. The van der Waals surface area contributed by atoms with Crippen molar-refractivity contribution in [1.29, 1.82) is 0 Å². The van der Waals surface area contributed by atoms with Crippen molar-refractivity contribution in [3.8, 4) is 11.1 Å². The van der Waals surface area contributed by atoms with E-state index in [0.29, 0.717) is 5.92 Å². The van der Waals surface area contributed by atoms with E-state index in [1.54, 1.807) is 11.1 Å². The molecule has 0 unspecified atom stereocenters. The van der Waals surface area contributed by atoms with Gasteiger partial charge in [0.15, 0.2) is 0 Å². The molecular formula is C21H20Cl2Zr. The molecule has 0 aromatic heterocycles. The number of hydrogen-bond donors (Lipinski definition) is 0. The van der Waals surface area contributed by atoms with Gasteiger partial charge < -0.3 is 24.8 Å². The Kier molecular flexibility index (Phi) is 8.20. The summed E-state index contributed by atoms with van der Waals surface area (Å²) in [6.45, 7) is 2.27. The van der Waals surface area contributed by atoms with Crippen LogP contribution in [0, 0.1) is 5.92 Å². The molecule has 0 heterocycles. The number of aryl methyl sites for hydroxylation is 1. The van der Waals surface area contributed by atoms with E-state index in [1.165, 1.54) is 22.3 Å². The Labute approximate surface area is 176 Å². The fourth-order valence-electron chi connectivity index (χ4n) is 3.76. The van der Waals surface area contributed by atoms with Crippen molar-refractivity contribution in [2.45, 2.75) is 26.2 Å². The van der Waals surface area contributed by atoms with E-state index in [2.05, 4.69) is 67.6 Å². The van der Waals surface area contributed by atoms with Gasteiger partial charge in [0.25, 0.3) is 0 Å². The maximum atomic E-state index is 2.35. The summed E-state index contributed by atoms with van der Waals surface area (Å²) in [7, 11) is 0. The summed E-state index contributed by atoms with van der Waals surface area (Å²) < 4.78 is 0. The van der Waals surface area contributed by atoms with E-state index in [0.717, 1.165) is 19.3 Å². The first-order valence-corrected chi connectivity index (χ1v) is 7.93. The molecule has 2 aliphatic carbocycles. The summed E-state index contributed by atoms with van der Waals surface area (Å²) in [6.07, 6.45) is 12.4. The van der Waals surface area contributed by atoms with Crippen molar-refractivity contribution in [3.63, 3.8) is 0 Å². The maximum Gasteiger partial charge on any atom is 2.00 e. The predicted octanol–water partition coefficient (Wildman–Crippen LogP) is -0.890. The number of halogens is 2. The van der Waals surface area contributed by atoms with Gasteiger partial charge in [0.05, 0.1) is 0 Å². The Morgan fingerprint density at radius 3 is 2.33 bits per heavy atom.